The highest BCUT2D eigenvalue weighted by atomic mass is 16.6. The first-order chi connectivity index (χ1) is 11.4. The third kappa shape index (κ3) is 4.17. The van der Waals surface area contributed by atoms with Crippen LogP contribution >= 0.6 is 0 Å². The van der Waals surface area contributed by atoms with Crippen LogP contribution in [0.25, 0.3) is 6.08 Å². The summed E-state index contributed by atoms with van der Waals surface area (Å²) in [7, 11) is 0. The van der Waals surface area contributed by atoms with Gasteiger partial charge in [0.25, 0.3) is 5.69 Å². The largest absolute Gasteiger partial charge is 0.507 e. The molecular weight excluding hydrogens is 316 g/mol. The number of nitrogens with one attached hydrogen (secondary N) is 1. The molecule has 3 N–H and O–H groups in total. The van der Waals surface area contributed by atoms with E-state index in [0.29, 0.717) is 5.56 Å². The summed E-state index contributed by atoms with van der Waals surface area (Å²) >= 11 is 0. The summed E-state index contributed by atoms with van der Waals surface area (Å²) in [6.07, 6.45) is 2.55. The SMILES string of the molecule is O=C(/C=C/c1cccc([N+](=O)[O-])c1)Nc1ccc(O)c(C(=O)O)c1. The van der Waals surface area contributed by atoms with Crippen molar-refractivity contribution in [3.05, 3.63) is 69.8 Å². The normalized spacial score (nSPS) is 10.5. The van der Waals surface area contributed by atoms with Crippen LogP contribution in [0.15, 0.2) is 48.5 Å². The highest BCUT2D eigenvalue weighted by Crippen LogP contribution is 2.21. The van der Waals surface area contributed by atoms with Crippen molar-refractivity contribution in [2.45, 2.75) is 0 Å². The van der Waals surface area contributed by atoms with Crippen molar-refractivity contribution < 1.29 is 24.7 Å². The van der Waals surface area contributed by atoms with Gasteiger partial charge in [0.15, 0.2) is 0 Å². The first-order valence-electron chi connectivity index (χ1n) is 6.66. The maximum absolute atomic E-state index is 11.8. The number of nitro benzene ring substituents is 1. The van der Waals surface area contributed by atoms with Crippen LogP contribution in [0, 0.1) is 10.1 Å². The fourth-order valence-electron chi connectivity index (χ4n) is 1.88. The van der Waals surface area contributed by atoms with E-state index in [1.165, 1.54) is 30.3 Å². The average Bonchev–Trinajstić information content (AvgIpc) is 2.54. The van der Waals surface area contributed by atoms with E-state index in [1.54, 1.807) is 6.07 Å². The number of non-ortho nitro benzene ring substituents is 1. The van der Waals surface area contributed by atoms with Crippen LogP contribution in [0.2, 0.25) is 0 Å². The van der Waals surface area contributed by atoms with E-state index >= 15 is 0 Å². The molecule has 2 rings (SSSR count). The molecule has 0 unspecified atom stereocenters. The lowest BCUT2D eigenvalue weighted by Gasteiger charge is -2.05. The molecule has 0 radical (unpaired) electrons. The fourth-order valence-corrected chi connectivity index (χ4v) is 1.88. The van der Waals surface area contributed by atoms with Crippen molar-refractivity contribution in [3.63, 3.8) is 0 Å². The number of anilines is 1. The minimum atomic E-state index is -1.32. The molecule has 2 aromatic carbocycles. The number of nitrogens with zero attached hydrogens (tertiary/aromatic N) is 1. The molecule has 0 saturated heterocycles. The molecule has 0 bridgehead atoms. The van der Waals surface area contributed by atoms with Crippen LogP contribution in [0.5, 0.6) is 5.75 Å². The zero-order valence-electron chi connectivity index (χ0n) is 12.2. The predicted molar refractivity (Wildman–Crippen MR) is 85.8 cm³/mol. The molecule has 2 aromatic rings. The Morgan fingerprint density at radius 3 is 2.58 bits per heavy atom. The van der Waals surface area contributed by atoms with E-state index < -0.39 is 22.5 Å². The van der Waals surface area contributed by atoms with E-state index in [2.05, 4.69) is 5.32 Å². The molecule has 122 valence electrons. The van der Waals surface area contributed by atoms with Crippen molar-refractivity contribution in [1.29, 1.82) is 0 Å². The van der Waals surface area contributed by atoms with E-state index in [9.17, 15) is 24.8 Å². The molecule has 24 heavy (non-hydrogen) atoms. The number of amides is 1. The highest BCUT2D eigenvalue weighted by Gasteiger charge is 2.11. The number of carboxylic acid groups (broad SMARTS) is 1. The smallest absolute Gasteiger partial charge is 0.339 e. The van der Waals surface area contributed by atoms with Gasteiger partial charge >= 0.3 is 5.97 Å². The van der Waals surface area contributed by atoms with E-state index in [4.69, 9.17) is 5.11 Å². The number of carbonyl (C=O) groups excluding carboxylic acids is 1. The van der Waals surface area contributed by atoms with Crippen molar-refractivity contribution >= 4 is 29.3 Å². The van der Waals surface area contributed by atoms with Crippen LogP contribution in [0.3, 0.4) is 0 Å². The molecule has 0 aliphatic heterocycles. The second kappa shape index (κ2) is 7.05. The number of hydrogen-bond acceptors (Lipinski definition) is 5. The lowest BCUT2D eigenvalue weighted by atomic mass is 10.1. The number of carboxylic acids is 1. The summed E-state index contributed by atoms with van der Waals surface area (Å²) in [5.74, 6) is -2.29. The first-order valence-corrected chi connectivity index (χ1v) is 6.66. The number of nitro groups is 1. The second-order valence-electron chi connectivity index (χ2n) is 4.71. The predicted octanol–water partition coefficient (Wildman–Crippen LogP) is 2.65. The zero-order valence-corrected chi connectivity index (χ0v) is 12.2. The molecule has 0 saturated carbocycles. The Morgan fingerprint density at radius 1 is 1.17 bits per heavy atom. The van der Waals surface area contributed by atoms with Crippen molar-refractivity contribution in [2.24, 2.45) is 0 Å². The monoisotopic (exact) mass is 328 g/mol. The van der Waals surface area contributed by atoms with Gasteiger partial charge in [-0.15, -0.1) is 0 Å². The zero-order chi connectivity index (χ0) is 17.7. The summed E-state index contributed by atoms with van der Waals surface area (Å²) in [6.45, 7) is 0. The number of rotatable bonds is 5. The van der Waals surface area contributed by atoms with Gasteiger partial charge in [0.1, 0.15) is 11.3 Å². The van der Waals surface area contributed by atoms with Crippen molar-refractivity contribution in [3.8, 4) is 5.75 Å². The molecule has 0 aromatic heterocycles. The molecule has 1 amide bonds. The van der Waals surface area contributed by atoms with Gasteiger partial charge in [-0.2, -0.15) is 0 Å². The number of phenols is 1. The van der Waals surface area contributed by atoms with Gasteiger partial charge in [-0.1, -0.05) is 12.1 Å². The van der Waals surface area contributed by atoms with Gasteiger partial charge in [-0.05, 0) is 29.8 Å². The number of aromatic hydroxyl groups is 1. The van der Waals surface area contributed by atoms with Crippen LogP contribution in [-0.2, 0) is 4.79 Å². The average molecular weight is 328 g/mol. The van der Waals surface area contributed by atoms with Gasteiger partial charge in [-0.3, -0.25) is 14.9 Å². The minimum absolute atomic E-state index is 0.0952. The summed E-state index contributed by atoms with van der Waals surface area (Å²) < 4.78 is 0. The maximum atomic E-state index is 11.8. The summed E-state index contributed by atoms with van der Waals surface area (Å²) in [5, 5.41) is 31.4. The van der Waals surface area contributed by atoms with Gasteiger partial charge in [0.05, 0.1) is 4.92 Å². The second-order valence-corrected chi connectivity index (χ2v) is 4.71. The fraction of sp³-hybridized carbons (Fsp3) is 0. The van der Waals surface area contributed by atoms with Gasteiger partial charge in [-0.25, -0.2) is 4.79 Å². The number of benzene rings is 2. The summed E-state index contributed by atoms with van der Waals surface area (Å²) in [6, 6.07) is 9.36. The van der Waals surface area contributed by atoms with Crippen LogP contribution < -0.4 is 5.32 Å². The first kappa shape index (κ1) is 16.7. The molecule has 0 aliphatic carbocycles. The molecule has 0 aliphatic rings. The molecule has 8 heteroatoms. The topological polar surface area (TPSA) is 130 Å². The molecule has 0 heterocycles. The Balaban J connectivity index is 2.11. The van der Waals surface area contributed by atoms with Crippen LogP contribution in [0.4, 0.5) is 11.4 Å². The summed E-state index contributed by atoms with van der Waals surface area (Å²) in [4.78, 5) is 32.9. The quantitative estimate of drug-likeness (QED) is 0.335. The summed E-state index contributed by atoms with van der Waals surface area (Å²) in [5.41, 5.74) is 0.229. The maximum Gasteiger partial charge on any atom is 0.339 e. The Morgan fingerprint density at radius 2 is 1.92 bits per heavy atom. The number of aromatic carboxylic acids is 1. The number of carbonyl (C=O) groups is 2. The Bertz CT molecular complexity index is 844. The van der Waals surface area contributed by atoms with Crippen molar-refractivity contribution in [2.75, 3.05) is 5.32 Å². The molecular formula is C16H12N2O6. The van der Waals surface area contributed by atoms with Crippen LogP contribution in [-0.4, -0.2) is 27.0 Å². The van der Waals surface area contributed by atoms with Gasteiger partial charge < -0.3 is 15.5 Å². The Hall–Kier alpha value is -3.68. The molecule has 0 spiro atoms. The third-order valence-electron chi connectivity index (χ3n) is 3.00. The lowest BCUT2D eigenvalue weighted by Crippen LogP contribution is -2.08. The minimum Gasteiger partial charge on any atom is -0.507 e. The standard InChI is InChI=1S/C16H12N2O6/c19-14-6-5-11(9-13(14)16(21)22)17-15(20)7-4-10-2-1-3-12(8-10)18(23)24/h1-9,19H,(H,17,20)(H,21,22)/b7-4+. The molecule has 0 fully saturated rings. The van der Waals surface area contributed by atoms with Crippen molar-refractivity contribution in [1.82, 2.24) is 0 Å². The lowest BCUT2D eigenvalue weighted by molar-refractivity contribution is -0.384. The van der Waals surface area contributed by atoms with E-state index in [1.807, 2.05) is 0 Å². The van der Waals surface area contributed by atoms with Crippen LogP contribution in [0.1, 0.15) is 15.9 Å². The molecule has 0 atom stereocenters. The van der Waals surface area contributed by atoms with Gasteiger partial charge in [0, 0.05) is 23.9 Å². The van der Waals surface area contributed by atoms with E-state index in [-0.39, 0.29) is 16.9 Å². The number of hydrogen-bond donors (Lipinski definition) is 3. The Labute approximate surface area is 135 Å². The van der Waals surface area contributed by atoms with E-state index in [0.717, 1.165) is 18.2 Å². The third-order valence-corrected chi connectivity index (χ3v) is 3.00. The van der Waals surface area contributed by atoms with Gasteiger partial charge in [0.2, 0.25) is 5.91 Å². The Kier molecular flexibility index (Phi) is 4.90. The highest BCUT2D eigenvalue weighted by molar-refractivity contribution is 6.03. The molecule has 8 nitrogen and oxygen atoms in total.